The van der Waals surface area contributed by atoms with Crippen molar-refractivity contribution in [2.45, 2.75) is 51.0 Å². The van der Waals surface area contributed by atoms with Gasteiger partial charge in [-0.25, -0.2) is 4.79 Å². The number of carbonyl (C=O) groups is 1. The maximum Gasteiger partial charge on any atom is 0.412 e. The fourth-order valence-electron chi connectivity index (χ4n) is 2.56. The molecule has 0 aromatic heterocycles. The average molecular weight is 302 g/mol. The van der Waals surface area contributed by atoms with Gasteiger partial charge >= 0.3 is 6.09 Å². The molecule has 1 saturated carbocycles. The molecule has 0 atom stereocenters. The molecule has 1 N–H and O–H groups in total. The van der Waals surface area contributed by atoms with E-state index in [0.717, 1.165) is 24.8 Å². The molecule has 1 aromatic rings. The summed E-state index contributed by atoms with van der Waals surface area (Å²) in [4.78, 5) is 12.0. The highest BCUT2D eigenvalue weighted by Gasteiger charge is 2.41. The number of nitrogens with zero attached hydrogens (tertiary/aromatic N) is 1. The highest BCUT2D eigenvalue weighted by atomic mass is 16.6. The fourth-order valence-corrected chi connectivity index (χ4v) is 2.56. The molecule has 118 valence electrons. The van der Waals surface area contributed by atoms with Gasteiger partial charge < -0.3 is 9.47 Å². The van der Waals surface area contributed by atoms with Crippen molar-refractivity contribution in [1.29, 1.82) is 5.26 Å². The van der Waals surface area contributed by atoms with Gasteiger partial charge in [-0.05, 0) is 51.7 Å². The van der Waals surface area contributed by atoms with Crippen LogP contribution in [0.3, 0.4) is 0 Å². The van der Waals surface area contributed by atoms with Crippen molar-refractivity contribution in [3.63, 3.8) is 0 Å². The molecular weight excluding hydrogens is 280 g/mol. The maximum absolute atomic E-state index is 12.0. The van der Waals surface area contributed by atoms with Crippen molar-refractivity contribution < 1.29 is 14.3 Å². The second-order valence-electron chi connectivity index (χ2n) is 6.59. The van der Waals surface area contributed by atoms with Crippen LogP contribution < -0.4 is 10.1 Å². The van der Waals surface area contributed by atoms with E-state index in [2.05, 4.69) is 11.4 Å². The molecule has 0 heterocycles. The lowest BCUT2D eigenvalue weighted by Gasteiger charge is -2.37. The molecule has 5 nitrogen and oxygen atoms in total. The summed E-state index contributed by atoms with van der Waals surface area (Å²) in [6.07, 6.45) is 2.10. The molecule has 0 saturated heterocycles. The molecule has 1 fully saturated rings. The highest BCUT2D eigenvalue weighted by molar-refractivity contribution is 5.87. The van der Waals surface area contributed by atoms with Gasteiger partial charge in [-0.3, -0.25) is 5.32 Å². The highest BCUT2D eigenvalue weighted by Crippen LogP contribution is 2.46. The Balaban J connectivity index is 2.32. The Morgan fingerprint density at radius 3 is 2.50 bits per heavy atom. The summed E-state index contributed by atoms with van der Waals surface area (Å²) >= 11 is 0. The van der Waals surface area contributed by atoms with Crippen molar-refractivity contribution in [3.8, 4) is 11.8 Å². The zero-order valence-corrected chi connectivity index (χ0v) is 13.5. The van der Waals surface area contributed by atoms with Gasteiger partial charge in [0.05, 0.1) is 24.3 Å². The molecule has 1 aliphatic rings. The molecule has 5 heteroatoms. The molecule has 0 radical (unpaired) electrons. The molecule has 1 amide bonds. The third kappa shape index (κ3) is 3.33. The van der Waals surface area contributed by atoms with Gasteiger partial charge in [-0.1, -0.05) is 6.07 Å². The van der Waals surface area contributed by atoms with Crippen LogP contribution in [-0.2, 0) is 10.2 Å². The molecule has 1 aromatic carbocycles. The number of rotatable bonds is 3. The van der Waals surface area contributed by atoms with E-state index in [1.54, 1.807) is 13.2 Å². The van der Waals surface area contributed by atoms with Gasteiger partial charge in [-0.2, -0.15) is 5.26 Å². The number of hydrogen-bond donors (Lipinski definition) is 1. The monoisotopic (exact) mass is 302 g/mol. The average Bonchev–Trinajstić information content (AvgIpc) is 2.37. The van der Waals surface area contributed by atoms with E-state index < -0.39 is 17.1 Å². The Morgan fingerprint density at radius 2 is 2.05 bits per heavy atom. The standard InChI is InChI=1S/C17H22N2O3/c1-16(2,3)22-15(20)19-14-10-12(21-4)6-7-13(14)17(11-18)8-5-9-17/h6-7,10H,5,8-9H2,1-4H3,(H,19,20). The van der Waals surface area contributed by atoms with E-state index >= 15 is 0 Å². The van der Waals surface area contributed by atoms with Crippen LogP contribution in [0.1, 0.15) is 45.6 Å². The van der Waals surface area contributed by atoms with Crippen LogP contribution in [0.4, 0.5) is 10.5 Å². The predicted molar refractivity (Wildman–Crippen MR) is 84.0 cm³/mol. The second-order valence-corrected chi connectivity index (χ2v) is 6.59. The first kappa shape index (κ1) is 16.2. The molecular formula is C17H22N2O3. The molecule has 0 aliphatic heterocycles. The topological polar surface area (TPSA) is 71.3 Å². The first-order valence-corrected chi connectivity index (χ1v) is 7.39. The van der Waals surface area contributed by atoms with Crippen molar-refractivity contribution in [2.24, 2.45) is 0 Å². The summed E-state index contributed by atoms with van der Waals surface area (Å²) in [6.45, 7) is 5.42. The number of hydrogen-bond acceptors (Lipinski definition) is 4. The lowest BCUT2D eigenvalue weighted by Crippen LogP contribution is -2.34. The van der Waals surface area contributed by atoms with Crippen molar-refractivity contribution in [1.82, 2.24) is 0 Å². The first-order valence-electron chi connectivity index (χ1n) is 7.39. The molecule has 2 rings (SSSR count). The van der Waals surface area contributed by atoms with Crippen LogP contribution >= 0.6 is 0 Å². The van der Waals surface area contributed by atoms with E-state index in [9.17, 15) is 10.1 Å². The normalized spacial score (nSPS) is 16.1. The van der Waals surface area contributed by atoms with Crippen LogP contribution in [0.5, 0.6) is 5.75 Å². The minimum absolute atomic E-state index is 0.517. The van der Waals surface area contributed by atoms with E-state index in [4.69, 9.17) is 9.47 Å². The molecule has 0 bridgehead atoms. The lowest BCUT2D eigenvalue weighted by molar-refractivity contribution is 0.0635. The van der Waals surface area contributed by atoms with E-state index in [-0.39, 0.29) is 0 Å². The number of amides is 1. The summed E-state index contributed by atoms with van der Waals surface area (Å²) < 4.78 is 10.5. The van der Waals surface area contributed by atoms with E-state index in [1.165, 1.54) is 0 Å². The van der Waals surface area contributed by atoms with E-state index in [0.29, 0.717) is 11.4 Å². The summed E-state index contributed by atoms with van der Waals surface area (Å²) in [5.74, 6) is 0.627. The lowest BCUT2D eigenvalue weighted by atomic mass is 9.65. The number of ether oxygens (including phenoxy) is 2. The molecule has 0 spiro atoms. The number of nitrogens with one attached hydrogen (secondary N) is 1. The van der Waals surface area contributed by atoms with Crippen molar-refractivity contribution in [3.05, 3.63) is 23.8 Å². The van der Waals surface area contributed by atoms with E-state index in [1.807, 2.05) is 32.9 Å². The Morgan fingerprint density at radius 1 is 1.36 bits per heavy atom. The fraction of sp³-hybridized carbons (Fsp3) is 0.529. The number of benzene rings is 1. The zero-order chi connectivity index (χ0) is 16.4. The third-order valence-corrected chi connectivity index (χ3v) is 3.80. The van der Waals surface area contributed by atoms with Crippen LogP contribution in [0.25, 0.3) is 0 Å². The Hall–Kier alpha value is -2.22. The summed E-state index contributed by atoms with van der Waals surface area (Å²) in [6, 6.07) is 7.80. The van der Waals surface area contributed by atoms with Crippen LogP contribution in [0.2, 0.25) is 0 Å². The van der Waals surface area contributed by atoms with Crippen molar-refractivity contribution in [2.75, 3.05) is 12.4 Å². The molecule has 1 aliphatic carbocycles. The predicted octanol–water partition coefficient (Wildman–Crippen LogP) is 3.99. The van der Waals surface area contributed by atoms with Gasteiger partial charge in [0.25, 0.3) is 0 Å². The minimum Gasteiger partial charge on any atom is -0.497 e. The second kappa shape index (κ2) is 5.88. The Bertz CT molecular complexity index is 607. The SMILES string of the molecule is COc1ccc(C2(C#N)CCC2)c(NC(=O)OC(C)(C)C)c1. The maximum atomic E-state index is 12.0. The third-order valence-electron chi connectivity index (χ3n) is 3.80. The van der Waals surface area contributed by atoms with Gasteiger partial charge in [0.2, 0.25) is 0 Å². The minimum atomic E-state index is -0.577. The van der Waals surface area contributed by atoms with Gasteiger partial charge in [0.15, 0.2) is 0 Å². The summed E-state index contributed by atoms with van der Waals surface area (Å²) in [7, 11) is 1.57. The van der Waals surface area contributed by atoms with Crippen LogP contribution in [-0.4, -0.2) is 18.8 Å². The largest absolute Gasteiger partial charge is 0.497 e. The quantitative estimate of drug-likeness (QED) is 0.916. The van der Waals surface area contributed by atoms with Crippen molar-refractivity contribution >= 4 is 11.8 Å². The first-order chi connectivity index (χ1) is 10.3. The Labute approximate surface area is 131 Å². The molecule has 22 heavy (non-hydrogen) atoms. The van der Waals surface area contributed by atoms with Crippen LogP contribution in [0, 0.1) is 11.3 Å². The summed E-state index contributed by atoms with van der Waals surface area (Å²) in [5, 5.41) is 12.3. The Kier molecular flexibility index (Phi) is 4.32. The van der Waals surface area contributed by atoms with Gasteiger partial charge in [0, 0.05) is 6.07 Å². The number of nitriles is 1. The number of methoxy groups -OCH3 is 1. The number of anilines is 1. The molecule has 0 unspecified atom stereocenters. The van der Waals surface area contributed by atoms with Gasteiger partial charge in [0.1, 0.15) is 11.4 Å². The summed E-state index contributed by atoms with van der Waals surface area (Å²) in [5.41, 5.74) is 0.311. The number of carbonyl (C=O) groups excluding carboxylic acids is 1. The zero-order valence-electron chi connectivity index (χ0n) is 13.5. The van der Waals surface area contributed by atoms with Gasteiger partial charge in [-0.15, -0.1) is 0 Å². The smallest absolute Gasteiger partial charge is 0.412 e. The van der Waals surface area contributed by atoms with Crippen LogP contribution in [0.15, 0.2) is 18.2 Å².